The smallest absolute Gasteiger partial charge is 0.143 e. The lowest BCUT2D eigenvalue weighted by molar-refractivity contribution is 0.673. The minimum atomic E-state index is 0.808. The van der Waals surface area contributed by atoms with Gasteiger partial charge < -0.3 is 14.2 Å². The Kier molecular flexibility index (Phi) is 9.50. The summed E-state index contributed by atoms with van der Waals surface area (Å²) in [7, 11) is 0. The van der Waals surface area contributed by atoms with Crippen molar-refractivity contribution in [1.29, 1.82) is 0 Å². The lowest BCUT2D eigenvalue weighted by Crippen LogP contribution is -2.14. The number of hydrogen-bond acceptors (Lipinski definition) is 3. The molecule has 0 spiro atoms. The molecule has 3 heteroatoms. The van der Waals surface area contributed by atoms with Crippen LogP contribution in [0.25, 0.3) is 76.9 Å². The average Bonchev–Trinajstić information content (AvgIpc) is 3.77. The van der Waals surface area contributed by atoms with E-state index in [1.54, 1.807) is 0 Å². The molecule has 0 saturated carbocycles. The second kappa shape index (κ2) is 16.2. The Morgan fingerprint density at radius 1 is 0.277 bits per heavy atom. The molecule has 0 amide bonds. The second-order valence-corrected chi connectivity index (χ2v) is 16.5. The van der Waals surface area contributed by atoms with E-state index in [-0.39, 0.29) is 0 Å². The highest BCUT2D eigenvalue weighted by Crippen LogP contribution is 2.49. The van der Waals surface area contributed by atoms with Gasteiger partial charge in [-0.2, -0.15) is 0 Å². The van der Waals surface area contributed by atoms with Crippen LogP contribution in [0, 0.1) is 0 Å². The minimum absolute atomic E-state index is 0.808. The Morgan fingerprint density at radius 2 is 0.815 bits per heavy atom. The molecular weight excluding hydrogens is 789 g/mol. The average molecular weight is 831 g/mol. The summed E-state index contributed by atoms with van der Waals surface area (Å²) in [5.74, 6) is 0. The van der Waals surface area contributed by atoms with Crippen molar-refractivity contribution in [2.24, 2.45) is 0 Å². The van der Waals surface area contributed by atoms with Crippen LogP contribution in [0.1, 0.15) is 0 Å². The number of furan rings is 1. The third-order valence-corrected chi connectivity index (χ3v) is 12.6. The van der Waals surface area contributed by atoms with Gasteiger partial charge in [0.05, 0.1) is 16.8 Å². The van der Waals surface area contributed by atoms with Gasteiger partial charge in [0.1, 0.15) is 11.2 Å². The SMILES string of the molecule is c1ccc(-c2ccc(N(c3ccccc3)c3cc(N(c4ccccc4)c4ccc(-c5ccccc5)c(-c5ccc6ccccc6c5)c4)c4c(c3)oc3c5ccccc5ccc34)cc2)cc1. The second-order valence-electron chi connectivity index (χ2n) is 16.5. The Bertz CT molecular complexity index is 3640. The molecule has 0 unspecified atom stereocenters. The van der Waals surface area contributed by atoms with Gasteiger partial charge in [-0.15, -0.1) is 0 Å². The summed E-state index contributed by atoms with van der Waals surface area (Å²) in [5, 5.41) is 6.76. The highest BCUT2D eigenvalue weighted by atomic mass is 16.3. The standard InChI is InChI=1S/C62H42N2O/c1-5-17-43(18-6-1)45-31-34-52(35-32-45)63(50-24-9-3-10-25-50)54-41-59(61-57-37-33-47-22-15-16-28-56(47)62(57)65-60(61)42-54)64(51-26-11-4-12-27-51)53-36-38-55(46-20-7-2-8-21-46)58(40-53)49-30-29-44-19-13-14-23-48(44)39-49/h1-42H. The molecule has 12 rings (SSSR count). The van der Waals surface area contributed by atoms with Crippen molar-refractivity contribution in [2.75, 3.05) is 9.80 Å². The van der Waals surface area contributed by atoms with Crippen molar-refractivity contribution in [3.05, 3.63) is 255 Å². The van der Waals surface area contributed by atoms with Crippen molar-refractivity contribution < 1.29 is 4.42 Å². The highest BCUT2D eigenvalue weighted by molar-refractivity contribution is 6.20. The van der Waals surface area contributed by atoms with Crippen LogP contribution >= 0.6 is 0 Å². The van der Waals surface area contributed by atoms with E-state index in [1.165, 1.54) is 33.0 Å². The molecule has 0 aliphatic rings. The molecule has 12 aromatic rings. The van der Waals surface area contributed by atoms with Gasteiger partial charge in [-0.3, -0.25) is 0 Å². The number of benzene rings is 11. The van der Waals surface area contributed by atoms with E-state index in [0.29, 0.717) is 0 Å². The molecule has 306 valence electrons. The van der Waals surface area contributed by atoms with Crippen molar-refractivity contribution in [3.8, 4) is 33.4 Å². The Balaban J connectivity index is 1.14. The molecule has 0 radical (unpaired) electrons. The van der Waals surface area contributed by atoms with Gasteiger partial charge in [0, 0.05) is 39.6 Å². The first-order valence-electron chi connectivity index (χ1n) is 22.2. The maximum Gasteiger partial charge on any atom is 0.143 e. The maximum absolute atomic E-state index is 7.13. The molecule has 65 heavy (non-hydrogen) atoms. The Morgan fingerprint density at radius 3 is 1.54 bits per heavy atom. The Labute approximate surface area is 378 Å². The van der Waals surface area contributed by atoms with E-state index >= 15 is 0 Å². The zero-order valence-electron chi connectivity index (χ0n) is 35.6. The fourth-order valence-corrected chi connectivity index (χ4v) is 9.50. The number of hydrogen-bond donors (Lipinski definition) is 0. The van der Waals surface area contributed by atoms with Gasteiger partial charge in [-0.25, -0.2) is 0 Å². The quantitative estimate of drug-likeness (QED) is 0.144. The molecule has 3 nitrogen and oxygen atoms in total. The molecule has 1 aromatic heterocycles. The maximum atomic E-state index is 7.13. The lowest BCUT2D eigenvalue weighted by atomic mass is 9.92. The van der Waals surface area contributed by atoms with Crippen molar-refractivity contribution in [1.82, 2.24) is 0 Å². The molecule has 0 saturated heterocycles. The first-order valence-corrected chi connectivity index (χ1v) is 22.2. The van der Waals surface area contributed by atoms with Crippen LogP contribution in [0.3, 0.4) is 0 Å². The van der Waals surface area contributed by atoms with E-state index in [0.717, 1.165) is 78.0 Å². The Hall–Kier alpha value is -8.66. The summed E-state index contributed by atoms with van der Waals surface area (Å²) >= 11 is 0. The topological polar surface area (TPSA) is 19.6 Å². The highest BCUT2D eigenvalue weighted by Gasteiger charge is 2.25. The van der Waals surface area contributed by atoms with Gasteiger partial charge in [-0.05, 0) is 116 Å². The van der Waals surface area contributed by atoms with Crippen LogP contribution in [0.5, 0.6) is 0 Å². The number of rotatable bonds is 9. The van der Waals surface area contributed by atoms with Gasteiger partial charge in [-0.1, -0.05) is 182 Å². The molecule has 0 fully saturated rings. The van der Waals surface area contributed by atoms with Crippen LogP contribution in [-0.2, 0) is 0 Å². The molecule has 0 N–H and O–H groups in total. The van der Waals surface area contributed by atoms with Gasteiger partial charge >= 0.3 is 0 Å². The number of nitrogens with zero attached hydrogens (tertiary/aromatic N) is 2. The molecule has 11 aromatic carbocycles. The zero-order chi connectivity index (χ0) is 43.1. The first-order chi connectivity index (χ1) is 32.2. The van der Waals surface area contributed by atoms with Crippen molar-refractivity contribution in [2.45, 2.75) is 0 Å². The lowest BCUT2D eigenvalue weighted by Gasteiger charge is -2.30. The van der Waals surface area contributed by atoms with Crippen molar-refractivity contribution in [3.63, 3.8) is 0 Å². The van der Waals surface area contributed by atoms with E-state index in [9.17, 15) is 0 Å². The predicted molar refractivity (Wildman–Crippen MR) is 274 cm³/mol. The first kappa shape index (κ1) is 38.0. The molecular formula is C62H42N2O. The monoisotopic (exact) mass is 830 g/mol. The summed E-state index contributed by atoms with van der Waals surface area (Å²) in [6.07, 6.45) is 0. The third-order valence-electron chi connectivity index (χ3n) is 12.6. The largest absolute Gasteiger partial charge is 0.455 e. The molecule has 0 atom stereocenters. The van der Waals surface area contributed by atoms with Crippen molar-refractivity contribution >= 4 is 77.6 Å². The zero-order valence-corrected chi connectivity index (χ0v) is 35.6. The van der Waals surface area contributed by atoms with Crippen LogP contribution in [-0.4, -0.2) is 0 Å². The van der Waals surface area contributed by atoms with Crippen LogP contribution in [0.4, 0.5) is 34.1 Å². The predicted octanol–water partition coefficient (Wildman–Crippen LogP) is 17.8. The molecule has 0 bridgehead atoms. The van der Waals surface area contributed by atoms with E-state index in [2.05, 4.69) is 265 Å². The van der Waals surface area contributed by atoms with Gasteiger partial charge in [0.15, 0.2) is 0 Å². The van der Waals surface area contributed by atoms with E-state index in [1.807, 2.05) is 0 Å². The van der Waals surface area contributed by atoms with Crippen LogP contribution in [0.2, 0.25) is 0 Å². The molecule has 1 heterocycles. The summed E-state index contributed by atoms with van der Waals surface area (Å²) in [6.45, 7) is 0. The molecule has 0 aliphatic carbocycles. The fraction of sp³-hybridized carbons (Fsp3) is 0. The number of fused-ring (bicyclic) bond motifs is 6. The summed E-state index contributed by atoms with van der Waals surface area (Å²) in [6, 6.07) is 91.4. The number of para-hydroxylation sites is 2. The summed E-state index contributed by atoms with van der Waals surface area (Å²) in [4.78, 5) is 4.75. The fourth-order valence-electron chi connectivity index (χ4n) is 9.50. The van der Waals surface area contributed by atoms with Crippen LogP contribution < -0.4 is 9.80 Å². The third kappa shape index (κ3) is 6.97. The summed E-state index contributed by atoms with van der Waals surface area (Å²) < 4.78 is 7.13. The van der Waals surface area contributed by atoms with Gasteiger partial charge in [0.25, 0.3) is 0 Å². The van der Waals surface area contributed by atoms with Crippen LogP contribution in [0.15, 0.2) is 259 Å². The van der Waals surface area contributed by atoms with E-state index < -0.39 is 0 Å². The molecule has 0 aliphatic heterocycles. The van der Waals surface area contributed by atoms with Gasteiger partial charge in [0.2, 0.25) is 0 Å². The normalized spacial score (nSPS) is 11.4. The summed E-state index contributed by atoms with van der Waals surface area (Å²) in [5.41, 5.74) is 14.8. The minimum Gasteiger partial charge on any atom is -0.455 e. The number of anilines is 6. The van der Waals surface area contributed by atoms with E-state index in [4.69, 9.17) is 4.42 Å².